The zero-order chi connectivity index (χ0) is 15.1. The quantitative estimate of drug-likeness (QED) is 0.595. The molecule has 0 aliphatic carbocycles. The monoisotopic (exact) mass is 309 g/mol. The van der Waals surface area contributed by atoms with E-state index in [1.54, 1.807) is 11.8 Å². The molecule has 1 unspecified atom stereocenters. The van der Waals surface area contributed by atoms with Crippen molar-refractivity contribution < 1.29 is 13.2 Å². The van der Waals surface area contributed by atoms with E-state index in [1.165, 1.54) is 0 Å². The Labute approximate surface area is 120 Å². The third kappa shape index (κ3) is 5.84. The Morgan fingerprint density at radius 3 is 2.21 bits per heavy atom. The topological polar surface area (TPSA) is 92.5 Å². The molecule has 0 fully saturated rings. The highest BCUT2D eigenvalue weighted by Crippen LogP contribution is 2.05. The molecule has 0 aliphatic heterocycles. The second-order valence-corrected chi connectivity index (χ2v) is 6.47. The van der Waals surface area contributed by atoms with Gasteiger partial charge in [0.15, 0.2) is 0 Å². The zero-order valence-electron chi connectivity index (χ0n) is 11.7. The predicted molar refractivity (Wildman–Crippen MR) is 80.3 cm³/mol. The minimum atomic E-state index is -3.59. The van der Waals surface area contributed by atoms with E-state index in [0.29, 0.717) is 19.5 Å². The van der Waals surface area contributed by atoms with Crippen LogP contribution in [0.15, 0.2) is 0 Å². The number of nitrogens with one attached hydrogen (secondary N) is 1. The molecule has 19 heavy (non-hydrogen) atoms. The summed E-state index contributed by atoms with van der Waals surface area (Å²) < 4.78 is 26.2. The lowest BCUT2D eigenvalue weighted by atomic mass is 10.3. The van der Waals surface area contributed by atoms with Crippen molar-refractivity contribution in [2.24, 2.45) is 5.73 Å². The van der Waals surface area contributed by atoms with Gasteiger partial charge >= 0.3 is 0 Å². The lowest BCUT2D eigenvalue weighted by molar-refractivity contribution is -0.130. The first-order valence-corrected chi connectivity index (χ1v) is 8.31. The van der Waals surface area contributed by atoms with Crippen LogP contribution in [0.1, 0.15) is 33.6 Å². The fourth-order valence-corrected chi connectivity index (χ4v) is 3.59. The van der Waals surface area contributed by atoms with Gasteiger partial charge in [-0.3, -0.25) is 4.79 Å². The van der Waals surface area contributed by atoms with Gasteiger partial charge in [0.05, 0.1) is 4.99 Å². The standard InChI is InChI=1S/C11H23N3O3S2/c1-4-9(11(12)18)19(16,17)13-8-7-10(15)14(5-2)6-3/h9,13H,4-8H2,1-3H3,(H2,12,18). The summed E-state index contributed by atoms with van der Waals surface area (Å²) in [6.45, 7) is 6.76. The number of nitrogens with two attached hydrogens (primary N) is 1. The van der Waals surface area contributed by atoms with Crippen LogP contribution in [0, 0.1) is 0 Å². The highest BCUT2D eigenvalue weighted by molar-refractivity contribution is 7.93. The molecule has 0 aromatic heterocycles. The van der Waals surface area contributed by atoms with Gasteiger partial charge in [-0.2, -0.15) is 0 Å². The lowest BCUT2D eigenvalue weighted by Crippen LogP contribution is -2.43. The molecule has 112 valence electrons. The maximum absolute atomic E-state index is 11.9. The van der Waals surface area contributed by atoms with Crippen LogP contribution in [0.5, 0.6) is 0 Å². The first-order valence-electron chi connectivity index (χ1n) is 6.35. The smallest absolute Gasteiger partial charge is 0.223 e. The summed E-state index contributed by atoms with van der Waals surface area (Å²) in [4.78, 5) is 13.3. The maximum Gasteiger partial charge on any atom is 0.223 e. The number of carbonyl (C=O) groups excluding carboxylic acids is 1. The van der Waals surface area contributed by atoms with E-state index in [1.807, 2.05) is 13.8 Å². The molecular formula is C11H23N3O3S2. The molecule has 0 rings (SSSR count). The molecule has 8 heteroatoms. The Kier molecular flexibility index (Phi) is 8.12. The van der Waals surface area contributed by atoms with E-state index < -0.39 is 15.3 Å². The summed E-state index contributed by atoms with van der Waals surface area (Å²) in [6.07, 6.45) is 0.448. The first-order chi connectivity index (χ1) is 8.80. The third-order valence-corrected chi connectivity index (χ3v) is 5.20. The number of carbonyl (C=O) groups is 1. The van der Waals surface area contributed by atoms with Gasteiger partial charge in [-0.25, -0.2) is 13.1 Å². The Bertz CT molecular complexity index is 405. The van der Waals surface area contributed by atoms with E-state index in [4.69, 9.17) is 18.0 Å². The van der Waals surface area contributed by atoms with E-state index in [0.717, 1.165) is 0 Å². The van der Waals surface area contributed by atoms with Gasteiger partial charge in [0.1, 0.15) is 5.25 Å². The number of rotatable bonds is 9. The lowest BCUT2D eigenvalue weighted by Gasteiger charge is -2.19. The molecule has 3 N–H and O–H groups in total. The van der Waals surface area contributed by atoms with Crippen molar-refractivity contribution in [3.05, 3.63) is 0 Å². The van der Waals surface area contributed by atoms with Crippen LogP contribution in [0.3, 0.4) is 0 Å². The van der Waals surface area contributed by atoms with Crippen molar-refractivity contribution in [2.45, 2.75) is 38.9 Å². The molecule has 1 atom stereocenters. The molecule has 0 saturated heterocycles. The van der Waals surface area contributed by atoms with Crippen LogP contribution in [0.2, 0.25) is 0 Å². The molecule has 0 spiro atoms. The molecule has 1 amide bonds. The molecule has 0 aromatic rings. The summed E-state index contributed by atoms with van der Waals surface area (Å²) in [6, 6.07) is 0. The van der Waals surface area contributed by atoms with Gasteiger partial charge in [-0.05, 0) is 20.3 Å². The second kappa shape index (κ2) is 8.44. The summed E-state index contributed by atoms with van der Waals surface area (Å²) in [5, 5.41) is -0.883. The minimum absolute atomic E-state index is 0.0509. The maximum atomic E-state index is 11.9. The van der Waals surface area contributed by atoms with Crippen LogP contribution in [0.25, 0.3) is 0 Å². The van der Waals surface area contributed by atoms with E-state index in [-0.39, 0.29) is 23.9 Å². The van der Waals surface area contributed by atoms with Crippen molar-refractivity contribution >= 4 is 33.1 Å². The molecule has 0 heterocycles. The summed E-state index contributed by atoms with van der Waals surface area (Å²) in [5.41, 5.74) is 5.39. The summed E-state index contributed by atoms with van der Waals surface area (Å²) >= 11 is 4.73. The van der Waals surface area contributed by atoms with Crippen molar-refractivity contribution in [1.29, 1.82) is 0 Å². The minimum Gasteiger partial charge on any atom is -0.392 e. The van der Waals surface area contributed by atoms with Crippen molar-refractivity contribution in [3.8, 4) is 0 Å². The summed E-state index contributed by atoms with van der Waals surface area (Å²) in [5.74, 6) is -0.0731. The number of thiocarbonyl (C=S) groups is 1. The van der Waals surface area contributed by atoms with Crippen molar-refractivity contribution in [1.82, 2.24) is 9.62 Å². The van der Waals surface area contributed by atoms with E-state index in [9.17, 15) is 13.2 Å². The van der Waals surface area contributed by atoms with Gasteiger partial charge in [0.2, 0.25) is 15.9 Å². The van der Waals surface area contributed by atoms with Crippen LogP contribution in [-0.4, -0.2) is 49.1 Å². The average molecular weight is 309 g/mol. The normalized spacial score (nSPS) is 13.0. The Morgan fingerprint density at radius 1 is 1.32 bits per heavy atom. The Morgan fingerprint density at radius 2 is 1.84 bits per heavy atom. The molecule has 0 aromatic carbocycles. The van der Waals surface area contributed by atoms with Gasteiger partial charge in [-0.1, -0.05) is 19.1 Å². The number of hydrogen-bond acceptors (Lipinski definition) is 4. The Balaban J connectivity index is 4.41. The van der Waals surface area contributed by atoms with E-state index in [2.05, 4.69) is 4.72 Å². The Hall–Kier alpha value is -0.730. The molecular weight excluding hydrogens is 286 g/mol. The van der Waals surface area contributed by atoms with Crippen molar-refractivity contribution in [3.63, 3.8) is 0 Å². The van der Waals surface area contributed by atoms with Gasteiger partial charge in [-0.15, -0.1) is 0 Å². The highest BCUT2D eigenvalue weighted by atomic mass is 32.2. The number of sulfonamides is 1. The molecule has 6 nitrogen and oxygen atoms in total. The highest BCUT2D eigenvalue weighted by Gasteiger charge is 2.26. The SMILES string of the molecule is CCC(C(N)=S)S(=O)(=O)NCCC(=O)N(CC)CC. The van der Waals surface area contributed by atoms with Crippen LogP contribution in [-0.2, 0) is 14.8 Å². The van der Waals surface area contributed by atoms with Crippen LogP contribution >= 0.6 is 12.2 Å². The molecule has 0 aliphatic rings. The van der Waals surface area contributed by atoms with Gasteiger partial charge < -0.3 is 10.6 Å². The molecule has 0 radical (unpaired) electrons. The fourth-order valence-electron chi connectivity index (χ4n) is 1.71. The fraction of sp³-hybridized carbons (Fsp3) is 0.818. The zero-order valence-corrected chi connectivity index (χ0v) is 13.3. The second-order valence-electron chi connectivity index (χ2n) is 4.05. The average Bonchev–Trinajstić information content (AvgIpc) is 2.30. The number of amides is 1. The predicted octanol–water partition coefficient (Wildman–Crippen LogP) is 0.229. The van der Waals surface area contributed by atoms with Gasteiger partial charge in [0.25, 0.3) is 0 Å². The summed E-state index contributed by atoms with van der Waals surface area (Å²) in [7, 11) is -3.59. The third-order valence-electron chi connectivity index (χ3n) is 2.82. The van der Waals surface area contributed by atoms with Crippen LogP contribution < -0.4 is 10.5 Å². The molecule has 0 bridgehead atoms. The first kappa shape index (κ1) is 18.3. The van der Waals surface area contributed by atoms with Crippen molar-refractivity contribution in [2.75, 3.05) is 19.6 Å². The largest absolute Gasteiger partial charge is 0.392 e. The number of nitrogens with zero attached hydrogens (tertiary/aromatic N) is 1. The van der Waals surface area contributed by atoms with E-state index >= 15 is 0 Å². The number of hydrogen-bond donors (Lipinski definition) is 2. The van der Waals surface area contributed by atoms with Crippen LogP contribution in [0.4, 0.5) is 0 Å². The van der Waals surface area contributed by atoms with Gasteiger partial charge in [0, 0.05) is 26.1 Å². The molecule has 0 saturated carbocycles.